The van der Waals surface area contributed by atoms with Gasteiger partial charge in [0.15, 0.2) is 0 Å². The van der Waals surface area contributed by atoms with Crippen molar-refractivity contribution in [3.8, 4) is 0 Å². The summed E-state index contributed by atoms with van der Waals surface area (Å²) in [5, 5.41) is 2.28. The van der Waals surface area contributed by atoms with Crippen LogP contribution in [0.5, 0.6) is 0 Å². The Labute approximate surface area is 58.7 Å². The molecule has 10 heavy (non-hydrogen) atoms. The Morgan fingerprint density at radius 3 is 3.20 bits per heavy atom. The molecule has 1 N–H and O–H groups in total. The van der Waals surface area contributed by atoms with Gasteiger partial charge < -0.3 is 4.98 Å². The summed E-state index contributed by atoms with van der Waals surface area (Å²) in [6.45, 7) is 2.08. The number of nitrogens with one attached hydrogen (secondary N) is 1. The zero-order valence-electron chi connectivity index (χ0n) is 5.73. The molecule has 0 saturated heterocycles. The Bertz CT molecular complexity index is 436. The number of aromatic amines is 1. The van der Waals surface area contributed by atoms with Crippen LogP contribution >= 0.6 is 0 Å². The molecule has 0 unspecified atom stereocenters. The maximum Gasteiger partial charge on any atom is 0.0973 e. The largest absolute Gasteiger partial charge is 0.354 e. The van der Waals surface area contributed by atoms with Crippen LogP contribution < -0.4 is 10.6 Å². The summed E-state index contributed by atoms with van der Waals surface area (Å²) in [5.74, 6) is 0. The summed E-state index contributed by atoms with van der Waals surface area (Å²) in [6, 6.07) is 0. The Morgan fingerprint density at radius 2 is 2.40 bits per heavy atom. The first-order chi connectivity index (χ1) is 4.88. The van der Waals surface area contributed by atoms with Crippen molar-refractivity contribution in [2.75, 3.05) is 0 Å². The Hall–Kier alpha value is -1.42. The van der Waals surface area contributed by atoms with Crippen LogP contribution in [0.15, 0.2) is 18.0 Å². The van der Waals surface area contributed by atoms with Crippen molar-refractivity contribution in [1.29, 1.82) is 0 Å². The number of fused-ring (bicyclic) bond motifs is 1. The van der Waals surface area contributed by atoms with E-state index in [4.69, 9.17) is 0 Å². The lowest BCUT2D eigenvalue weighted by Gasteiger charge is -1.79. The van der Waals surface area contributed by atoms with E-state index in [1.165, 1.54) is 10.8 Å². The lowest BCUT2D eigenvalue weighted by atomic mass is 10.2. The van der Waals surface area contributed by atoms with E-state index in [2.05, 4.69) is 23.4 Å². The highest BCUT2D eigenvalue weighted by Crippen LogP contribution is 1.81. The number of allylic oxidation sites excluding steroid dienone is 1. The van der Waals surface area contributed by atoms with Gasteiger partial charge in [-0.1, -0.05) is 5.73 Å². The molecule has 1 aromatic heterocycles. The lowest BCUT2D eigenvalue weighted by Crippen LogP contribution is -2.23. The van der Waals surface area contributed by atoms with Crippen LogP contribution in [0.3, 0.4) is 0 Å². The van der Waals surface area contributed by atoms with Crippen molar-refractivity contribution in [3.05, 3.63) is 34.1 Å². The number of hydrogen-bond acceptors (Lipinski definition) is 0. The molecule has 0 spiro atoms. The van der Waals surface area contributed by atoms with Crippen LogP contribution in [0.25, 0.3) is 11.8 Å². The van der Waals surface area contributed by atoms with Crippen LogP contribution in [-0.2, 0) is 0 Å². The molecular formula is C9H7N. The molecule has 0 amide bonds. The summed E-state index contributed by atoms with van der Waals surface area (Å²) < 4.78 is 0. The van der Waals surface area contributed by atoms with Gasteiger partial charge in [-0.05, 0) is 30.4 Å². The molecule has 0 radical (unpaired) electrons. The van der Waals surface area contributed by atoms with Gasteiger partial charge in [0.1, 0.15) is 0 Å². The first-order valence-corrected chi connectivity index (χ1v) is 3.24. The number of aromatic nitrogens is 1. The fourth-order valence-corrected chi connectivity index (χ4v) is 1.09. The Balaban J connectivity index is 3.15. The van der Waals surface area contributed by atoms with E-state index >= 15 is 0 Å². The van der Waals surface area contributed by atoms with Gasteiger partial charge in [-0.3, -0.25) is 0 Å². The molecule has 1 heterocycles. The Kier molecular flexibility index (Phi) is 0.956. The van der Waals surface area contributed by atoms with Crippen LogP contribution in [0.4, 0.5) is 0 Å². The van der Waals surface area contributed by atoms with E-state index in [0.717, 1.165) is 5.35 Å². The first-order valence-electron chi connectivity index (χ1n) is 3.24. The van der Waals surface area contributed by atoms with Crippen LogP contribution in [0.1, 0.15) is 5.56 Å². The van der Waals surface area contributed by atoms with Crippen molar-refractivity contribution < 1.29 is 0 Å². The molecule has 0 bridgehead atoms. The third-order valence-corrected chi connectivity index (χ3v) is 1.66. The molecule has 0 saturated carbocycles. The highest BCUT2D eigenvalue weighted by atomic mass is 14.6. The van der Waals surface area contributed by atoms with Gasteiger partial charge in [0.25, 0.3) is 0 Å². The zero-order valence-corrected chi connectivity index (χ0v) is 5.73. The molecule has 2 rings (SSSR count). The maximum atomic E-state index is 3.10. The zero-order chi connectivity index (χ0) is 6.97. The number of aryl methyl sites for hydroxylation is 1. The van der Waals surface area contributed by atoms with E-state index in [9.17, 15) is 0 Å². The highest BCUT2D eigenvalue weighted by molar-refractivity contribution is 5.44. The van der Waals surface area contributed by atoms with Crippen LogP contribution in [0.2, 0.25) is 0 Å². The summed E-state index contributed by atoms with van der Waals surface area (Å²) in [7, 11) is 0. The molecule has 1 aliphatic carbocycles. The van der Waals surface area contributed by atoms with Gasteiger partial charge in [-0.15, -0.1) is 0 Å². The standard InChI is InChI=1S/C9H7N/c1-7-6-10-9-5-3-2-4-8(7)9/h2,4,6,10H,1H3. The van der Waals surface area contributed by atoms with Crippen molar-refractivity contribution in [3.63, 3.8) is 0 Å². The number of H-pyrrole nitrogens is 1. The van der Waals surface area contributed by atoms with Gasteiger partial charge in [0.05, 0.1) is 5.35 Å². The average Bonchev–Trinajstić information content (AvgIpc) is 2.34. The summed E-state index contributed by atoms with van der Waals surface area (Å²) >= 11 is 0. The van der Waals surface area contributed by atoms with Crippen LogP contribution in [0, 0.1) is 6.92 Å². The fraction of sp³-hybridized carbons (Fsp3) is 0.111. The van der Waals surface area contributed by atoms with Crippen molar-refractivity contribution >= 4 is 11.8 Å². The van der Waals surface area contributed by atoms with Gasteiger partial charge in [-0.2, -0.15) is 0 Å². The third kappa shape index (κ3) is 0.593. The van der Waals surface area contributed by atoms with Gasteiger partial charge in [0, 0.05) is 11.4 Å². The average molecular weight is 129 g/mol. The number of rotatable bonds is 0. The smallest absolute Gasteiger partial charge is 0.0973 e. The quantitative estimate of drug-likeness (QED) is 0.482. The third-order valence-electron chi connectivity index (χ3n) is 1.66. The minimum Gasteiger partial charge on any atom is -0.354 e. The molecule has 0 fully saturated rings. The molecule has 1 aromatic rings. The van der Waals surface area contributed by atoms with Gasteiger partial charge >= 0.3 is 0 Å². The van der Waals surface area contributed by atoms with Crippen LogP contribution in [-0.4, -0.2) is 4.98 Å². The van der Waals surface area contributed by atoms with Gasteiger partial charge in [0.2, 0.25) is 0 Å². The minimum atomic E-state index is 1.04. The summed E-state index contributed by atoms with van der Waals surface area (Å²) in [4.78, 5) is 3.10. The van der Waals surface area contributed by atoms with Crippen molar-refractivity contribution in [1.82, 2.24) is 4.98 Å². The first kappa shape index (κ1) is 5.37. The predicted octanol–water partition coefficient (Wildman–Crippen LogP) is 0.208. The minimum absolute atomic E-state index is 1.04. The molecule has 1 nitrogen and oxygen atoms in total. The second-order valence-corrected chi connectivity index (χ2v) is 2.36. The molecule has 1 heteroatoms. The van der Waals surface area contributed by atoms with E-state index < -0.39 is 0 Å². The monoisotopic (exact) mass is 129 g/mol. The summed E-state index contributed by atoms with van der Waals surface area (Å²) in [6.07, 6.45) is 5.90. The van der Waals surface area contributed by atoms with E-state index in [-0.39, 0.29) is 0 Å². The van der Waals surface area contributed by atoms with E-state index in [1.54, 1.807) is 0 Å². The topological polar surface area (TPSA) is 15.8 Å². The van der Waals surface area contributed by atoms with Crippen molar-refractivity contribution in [2.45, 2.75) is 6.92 Å². The SMILES string of the molecule is Cc1c[nH]c2c1=CC=C=C=2. The molecule has 0 aromatic carbocycles. The van der Waals surface area contributed by atoms with Gasteiger partial charge in [-0.25, -0.2) is 0 Å². The number of hydrogen-bond donors (Lipinski definition) is 1. The fourth-order valence-electron chi connectivity index (χ4n) is 1.09. The Morgan fingerprint density at radius 1 is 1.50 bits per heavy atom. The molecule has 0 atom stereocenters. The highest BCUT2D eigenvalue weighted by Gasteiger charge is 1.91. The molecule has 1 aliphatic rings. The lowest BCUT2D eigenvalue weighted by molar-refractivity contribution is 1.32. The van der Waals surface area contributed by atoms with Crippen molar-refractivity contribution in [2.24, 2.45) is 0 Å². The van der Waals surface area contributed by atoms with E-state index in [0.29, 0.717) is 0 Å². The molecule has 0 aliphatic heterocycles. The second kappa shape index (κ2) is 1.78. The molecule has 48 valence electrons. The summed E-state index contributed by atoms with van der Waals surface area (Å²) in [5.41, 5.74) is 7.15. The molecular weight excluding hydrogens is 122 g/mol. The maximum absolute atomic E-state index is 3.10. The normalized spacial score (nSPS) is 12.1. The van der Waals surface area contributed by atoms with E-state index in [1.807, 2.05) is 18.3 Å². The second-order valence-electron chi connectivity index (χ2n) is 2.36. The predicted molar refractivity (Wildman–Crippen MR) is 40.7 cm³/mol.